The number of anilines is 1. The van der Waals surface area contributed by atoms with Crippen LogP contribution < -0.4 is 10.6 Å². The van der Waals surface area contributed by atoms with Crippen molar-refractivity contribution >= 4 is 40.1 Å². The molecule has 0 fully saturated rings. The number of amides is 2. The number of nitrogens with two attached hydrogens (primary N) is 1. The number of primary amides is 1. The molecule has 0 aromatic heterocycles. The van der Waals surface area contributed by atoms with Gasteiger partial charge in [0.2, 0.25) is 5.91 Å². The molecule has 5 heteroatoms. The van der Waals surface area contributed by atoms with Crippen LogP contribution in [-0.2, 0) is 4.79 Å². The lowest BCUT2D eigenvalue weighted by atomic mass is 9.85. The zero-order valence-electron chi connectivity index (χ0n) is 12.7. The molecule has 0 saturated carbocycles. The van der Waals surface area contributed by atoms with Crippen molar-refractivity contribution in [1.29, 1.82) is 0 Å². The minimum Gasteiger partial charge on any atom is -0.369 e. The summed E-state index contributed by atoms with van der Waals surface area (Å²) in [5.74, 6) is -0.733. The SMILES string of the molecule is CC1CC(C(N)=O)c2ccccc2N1C(=O)c1ccccc1I. The van der Waals surface area contributed by atoms with E-state index in [4.69, 9.17) is 5.73 Å². The van der Waals surface area contributed by atoms with Crippen molar-refractivity contribution < 1.29 is 9.59 Å². The summed E-state index contributed by atoms with van der Waals surface area (Å²) in [5, 5.41) is 0. The number of nitrogens with zero attached hydrogens (tertiary/aromatic N) is 1. The quantitative estimate of drug-likeness (QED) is 0.758. The summed E-state index contributed by atoms with van der Waals surface area (Å²) in [4.78, 5) is 26.6. The molecule has 1 aliphatic heterocycles. The summed E-state index contributed by atoms with van der Waals surface area (Å²) >= 11 is 2.17. The lowest BCUT2D eigenvalue weighted by Gasteiger charge is -2.38. The molecule has 2 atom stereocenters. The first kappa shape index (κ1) is 16.0. The lowest BCUT2D eigenvalue weighted by molar-refractivity contribution is -0.119. The summed E-state index contributed by atoms with van der Waals surface area (Å²) in [6, 6.07) is 15.0. The van der Waals surface area contributed by atoms with Crippen LogP contribution in [-0.4, -0.2) is 17.9 Å². The number of para-hydroxylation sites is 1. The monoisotopic (exact) mass is 420 g/mol. The molecule has 2 unspecified atom stereocenters. The average molecular weight is 420 g/mol. The van der Waals surface area contributed by atoms with Crippen LogP contribution in [0.3, 0.4) is 0 Å². The van der Waals surface area contributed by atoms with E-state index in [2.05, 4.69) is 22.6 Å². The van der Waals surface area contributed by atoms with Gasteiger partial charge in [-0.05, 0) is 59.7 Å². The van der Waals surface area contributed by atoms with Crippen molar-refractivity contribution in [1.82, 2.24) is 0 Å². The third-order valence-electron chi connectivity index (χ3n) is 4.26. The average Bonchev–Trinajstić information content (AvgIpc) is 2.54. The molecule has 23 heavy (non-hydrogen) atoms. The highest BCUT2D eigenvalue weighted by atomic mass is 127. The van der Waals surface area contributed by atoms with Gasteiger partial charge in [0.15, 0.2) is 0 Å². The van der Waals surface area contributed by atoms with E-state index >= 15 is 0 Å². The smallest absolute Gasteiger partial charge is 0.259 e. The predicted octanol–water partition coefficient (Wildman–Crippen LogP) is 3.30. The molecule has 0 spiro atoms. The van der Waals surface area contributed by atoms with Crippen LogP contribution in [0.25, 0.3) is 0 Å². The van der Waals surface area contributed by atoms with Gasteiger partial charge in [0, 0.05) is 15.3 Å². The fourth-order valence-corrected chi connectivity index (χ4v) is 3.77. The summed E-state index contributed by atoms with van der Waals surface area (Å²) in [7, 11) is 0. The first-order valence-corrected chi connectivity index (χ1v) is 8.55. The Bertz CT molecular complexity index is 775. The number of hydrogen-bond donors (Lipinski definition) is 1. The molecule has 118 valence electrons. The van der Waals surface area contributed by atoms with Crippen LogP contribution in [0.2, 0.25) is 0 Å². The summed E-state index contributed by atoms with van der Waals surface area (Å²) < 4.78 is 0.914. The van der Waals surface area contributed by atoms with E-state index in [1.807, 2.05) is 55.5 Å². The maximum atomic E-state index is 13.1. The van der Waals surface area contributed by atoms with Gasteiger partial charge in [-0.25, -0.2) is 0 Å². The Morgan fingerprint density at radius 3 is 2.48 bits per heavy atom. The second-order valence-electron chi connectivity index (χ2n) is 5.75. The third-order valence-corrected chi connectivity index (χ3v) is 5.20. The lowest BCUT2D eigenvalue weighted by Crippen LogP contribution is -2.45. The van der Waals surface area contributed by atoms with Gasteiger partial charge in [-0.3, -0.25) is 9.59 Å². The van der Waals surface area contributed by atoms with E-state index in [0.29, 0.717) is 12.0 Å². The second-order valence-corrected chi connectivity index (χ2v) is 6.92. The first-order chi connectivity index (χ1) is 11.0. The summed E-state index contributed by atoms with van der Waals surface area (Å²) in [5.41, 5.74) is 7.84. The number of carbonyl (C=O) groups is 2. The van der Waals surface area contributed by atoms with Crippen LogP contribution in [0.4, 0.5) is 5.69 Å². The fraction of sp³-hybridized carbons (Fsp3) is 0.222. The molecule has 1 aliphatic rings. The van der Waals surface area contributed by atoms with Crippen LogP contribution in [0.1, 0.15) is 35.2 Å². The normalized spacial score (nSPS) is 20.0. The standard InChI is InChI=1S/C18H17IN2O2/c1-11-10-14(17(20)22)12-6-3-5-9-16(12)21(11)18(23)13-7-2-4-8-15(13)19/h2-9,11,14H,10H2,1H3,(H2,20,22). The van der Waals surface area contributed by atoms with Crippen molar-refractivity contribution in [2.45, 2.75) is 25.3 Å². The van der Waals surface area contributed by atoms with Gasteiger partial charge in [-0.2, -0.15) is 0 Å². The molecule has 2 amide bonds. The Morgan fingerprint density at radius 2 is 1.78 bits per heavy atom. The Labute approximate surface area is 148 Å². The molecular weight excluding hydrogens is 403 g/mol. The van der Waals surface area contributed by atoms with Crippen molar-refractivity contribution in [3.63, 3.8) is 0 Å². The zero-order chi connectivity index (χ0) is 16.6. The van der Waals surface area contributed by atoms with E-state index in [-0.39, 0.29) is 23.8 Å². The van der Waals surface area contributed by atoms with E-state index in [9.17, 15) is 9.59 Å². The van der Waals surface area contributed by atoms with E-state index in [1.54, 1.807) is 4.90 Å². The largest absolute Gasteiger partial charge is 0.369 e. The highest BCUT2D eigenvalue weighted by molar-refractivity contribution is 14.1. The van der Waals surface area contributed by atoms with Gasteiger partial charge in [0.05, 0.1) is 11.5 Å². The number of carbonyl (C=O) groups excluding carboxylic acids is 2. The molecule has 0 bridgehead atoms. The Hall–Kier alpha value is -1.89. The molecule has 0 radical (unpaired) electrons. The number of halogens is 1. The molecule has 0 aliphatic carbocycles. The van der Waals surface area contributed by atoms with Gasteiger partial charge in [0.1, 0.15) is 0 Å². The maximum absolute atomic E-state index is 13.1. The van der Waals surface area contributed by atoms with Gasteiger partial charge < -0.3 is 10.6 Å². The van der Waals surface area contributed by atoms with Crippen molar-refractivity contribution in [2.24, 2.45) is 5.73 Å². The number of rotatable bonds is 2. The topological polar surface area (TPSA) is 63.4 Å². The van der Waals surface area contributed by atoms with Crippen LogP contribution >= 0.6 is 22.6 Å². The Morgan fingerprint density at radius 1 is 1.13 bits per heavy atom. The number of benzene rings is 2. The Balaban J connectivity index is 2.09. The molecular formula is C18H17IN2O2. The zero-order valence-corrected chi connectivity index (χ0v) is 14.9. The summed E-state index contributed by atoms with van der Waals surface area (Å²) in [6.45, 7) is 1.96. The van der Waals surface area contributed by atoms with E-state index in [1.165, 1.54) is 0 Å². The molecule has 2 N–H and O–H groups in total. The molecule has 0 saturated heterocycles. The first-order valence-electron chi connectivity index (χ1n) is 7.47. The van der Waals surface area contributed by atoms with Gasteiger partial charge in [-0.15, -0.1) is 0 Å². The van der Waals surface area contributed by atoms with Gasteiger partial charge in [-0.1, -0.05) is 30.3 Å². The molecule has 2 aromatic carbocycles. The van der Waals surface area contributed by atoms with E-state index in [0.717, 1.165) is 14.8 Å². The summed E-state index contributed by atoms with van der Waals surface area (Å²) in [6.07, 6.45) is 0.543. The van der Waals surface area contributed by atoms with Crippen LogP contribution in [0.5, 0.6) is 0 Å². The molecule has 3 rings (SSSR count). The van der Waals surface area contributed by atoms with E-state index < -0.39 is 0 Å². The highest BCUT2D eigenvalue weighted by Gasteiger charge is 2.36. The minimum atomic E-state index is -0.347. The Kier molecular flexibility index (Phi) is 4.39. The maximum Gasteiger partial charge on any atom is 0.259 e. The van der Waals surface area contributed by atoms with Crippen molar-refractivity contribution in [3.8, 4) is 0 Å². The fourth-order valence-electron chi connectivity index (χ4n) is 3.16. The van der Waals surface area contributed by atoms with Crippen LogP contribution in [0.15, 0.2) is 48.5 Å². The van der Waals surface area contributed by atoms with Gasteiger partial charge >= 0.3 is 0 Å². The predicted molar refractivity (Wildman–Crippen MR) is 98.4 cm³/mol. The molecule has 2 aromatic rings. The second kappa shape index (κ2) is 6.31. The highest BCUT2D eigenvalue weighted by Crippen LogP contribution is 2.39. The molecule has 1 heterocycles. The minimum absolute atomic E-state index is 0.0436. The van der Waals surface area contributed by atoms with Gasteiger partial charge in [0.25, 0.3) is 5.91 Å². The van der Waals surface area contributed by atoms with Crippen LogP contribution in [0, 0.1) is 3.57 Å². The van der Waals surface area contributed by atoms with Crippen molar-refractivity contribution in [2.75, 3.05) is 4.90 Å². The molecule has 4 nitrogen and oxygen atoms in total. The third kappa shape index (κ3) is 2.85. The number of hydrogen-bond acceptors (Lipinski definition) is 2. The van der Waals surface area contributed by atoms with Crippen molar-refractivity contribution in [3.05, 3.63) is 63.2 Å². The number of fused-ring (bicyclic) bond motifs is 1.